The zero-order valence-electron chi connectivity index (χ0n) is 10.6. The Morgan fingerprint density at radius 3 is 2.31 bits per heavy atom. The number of nitrogens with zero attached hydrogens (tertiary/aromatic N) is 2. The molecule has 0 radical (unpaired) electrons. The molecule has 0 atom stereocenters. The maximum Gasteiger partial charge on any atom is 0.253 e. The van der Waals surface area contributed by atoms with E-state index in [-0.39, 0.29) is 0 Å². The van der Waals surface area contributed by atoms with E-state index in [1.807, 2.05) is 0 Å². The predicted octanol–water partition coefficient (Wildman–Crippen LogP) is 3.36. The summed E-state index contributed by atoms with van der Waals surface area (Å²) >= 11 is 3.47. The number of unbranched alkanes of at least 4 members (excludes halogenated alkanes) is 5. The van der Waals surface area contributed by atoms with Crippen LogP contribution in [0.2, 0.25) is 0 Å². The third-order valence-corrected chi connectivity index (χ3v) is 3.74. The number of rotatable bonds is 8. The van der Waals surface area contributed by atoms with Gasteiger partial charge >= 0.3 is 0 Å². The zero-order chi connectivity index (χ0) is 11.8. The second-order valence-electron chi connectivity index (χ2n) is 4.46. The first-order valence-electron chi connectivity index (χ1n) is 6.33. The smallest absolute Gasteiger partial charge is 0.237 e. The Morgan fingerprint density at radius 2 is 1.75 bits per heavy atom. The van der Waals surface area contributed by atoms with E-state index in [9.17, 15) is 0 Å². The quantitative estimate of drug-likeness (QED) is 0.394. The van der Waals surface area contributed by atoms with Crippen LogP contribution in [0.4, 0.5) is 0 Å². The molecule has 0 aliphatic heterocycles. The van der Waals surface area contributed by atoms with Crippen molar-refractivity contribution in [3.8, 4) is 0 Å². The van der Waals surface area contributed by atoms with Crippen LogP contribution in [0.5, 0.6) is 0 Å². The van der Waals surface area contributed by atoms with Crippen molar-refractivity contribution in [3.63, 3.8) is 0 Å². The molecule has 0 unspecified atom stereocenters. The van der Waals surface area contributed by atoms with Gasteiger partial charge in [0.1, 0.15) is 12.4 Å². The van der Waals surface area contributed by atoms with Crippen LogP contribution in [0.1, 0.15) is 44.3 Å². The van der Waals surface area contributed by atoms with E-state index in [0.717, 1.165) is 5.33 Å². The summed E-state index contributed by atoms with van der Waals surface area (Å²) in [5, 5.41) is 1.16. The fourth-order valence-electron chi connectivity index (χ4n) is 1.92. The van der Waals surface area contributed by atoms with E-state index in [2.05, 4.69) is 51.4 Å². The molecule has 1 aromatic heterocycles. The van der Waals surface area contributed by atoms with Gasteiger partial charge < -0.3 is 0 Å². The molecule has 16 heavy (non-hydrogen) atoms. The Morgan fingerprint density at radius 1 is 1.12 bits per heavy atom. The van der Waals surface area contributed by atoms with Gasteiger partial charge in [0, 0.05) is 12.3 Å². The summed E-state index contributed by atoms with van der Waals surface area (Å²) in [5.74, 6) is 1.35. The van der Waals surface area contributed by atoms with Crippen molar-refractivity contribution in [1.82, 2.24) is 4.57 Å². The fraction of sp³-hybridized carbons (Fsp3) is 0.769. The maximum absolute atomic E-state index is 3.47. The highest BCUT2D eigenvalue weighted by molar-refractivity contribution is 9.09. The first-order valence-corrected chi connectivity index (χ1v) is 7.45. The highest BCUT2D eigenvalue weighted by Crippen LogP contribution is 2.07. The Bertz CT molecular complexity index is 294. The molecule has 0 aliphatic carbocycles. The Hall–Kier alpha value is -0.310. The molecule has 0 saturated heterocycles. The topological polar surface area (TPSA) is 8.81 Å². The lowest BCUT2D eigenvalue weighted by molar-refractivity contribution is -0.677. The Labute approximate surface area is 108 Å². The first kappa shape index (κ1) is 13.8. The highest BCUT2D eigenvalue weighted by atomic mass is 79.9. The zero-order valence-corrected chi connectivity index (χ0v) is 12.2. The maximum atomic E-state index is 3.47. The van der Waals surface area contributed by atoms with Crippen LogP contribution in [-0.4, -0.2) is 9.90 Å². The molecular weight excluding hydrogens is 264 g/mol. The first-order chi connectivity index (χ1) is 7.75. The standard InChI is InChI=1S/C13H24BrN2/c1-13-15(2)11-12-16(13)10-8-6-4-3-5-7-9-14/h11-12H,3-10H2,1-2H3/q+1. The molecule has 1 heterocycles. The average Bonchev–Trinajstić information content (AvgIpc) is 2.59. The van der Waals surface area contributed by atoms with Crippen LogP contribution in [-0.2, 0) is 13.6 Å². The van der Waals surface area contributed by atoms with Crippen LogP contribution in [0.15, 0.2) is 12.4 Å². The van der Waals surface area contributed by atoms with E-state index in [4.69, 9.17) is 0 Å². The van der Waals surface area contributed by atoms with Gasteiger partial charge in [0.05, 0.1) is 13.6 Å². The molecule has 3 heteroatoms. The van der Waals surface area contributed by atoms with Crippen molar-refractivity contribution < 1.29 is 4.57 Å². The Balaban J connectivity index is 2.05. The molecule has 0 amide bonds. The summed E-state index contributed by atoms with van der Waals surface area (Å²) in [5.41, 5.74) is 0. The second kappa shape index (κ2) is 7.88. The van der Waals surface area contributed by atoms with Crippen molar-refractivity contribution in [2.45, 2.75) is 52.0 Å². The average molecular weight is 288 g/mol. The predicted molar refractivity (Wildman–Crippen MR) is 71.8 cm³/mol. The van der Waals surface area contributed by atoms with E-state index in [1.165, 1.54) is 50.9 Å². The molecule has 0 fully saturated rings. The summed E-state index contributed by atoms with van der Waals surface area (Å²) in [7, 11) is 2.10. The van der Waals surface area contributed by atoms with Gasteiger partial charge in [0.15, 0.2) is 0 Å². The SMILES string of the molecule is Cc1n(CCCCCCCCBr)cc[n+]1C. The van der Waals surface area contributed by atoms with Gasteiger partial charge in [0.2, 0.25) is 0 Å². The molecule has 0 bridgehead atoms. The number of aromatic nitrogens is 2. The monoisotopic (exact) mass is 287 g/mol. The number of alkyl halides is 1. The highest BCUT2D eigenvalue weighted by Gasteiger charge is 2.07. The third kappa shape index (κ3) is 4.69. The minimum atomic E-state index is 1.16. The molecule has 0 saturated carbocycles. The molecule has 0 N–H and O–H groups in total. The minimum absolute atomic E-state index is 1.16. The summed E-state index contributed by atoms with van der Waals surface area (Å²) < 4.78 is 4.52. The van der Waals surface area contributed by atoms with Gasteiger partial charge in [-0.1, -0.05) is 35.2 Å². The normalized spacial score (nSPS) is 10.9. The molecule has 1 aromatic rings. The molecule has 0 spiro atoms. The van der Waals surface area contributed by atoms with Crippen LogP contribution in [0.25, 0.3) is 0 Å². The lowest BCUT2D eigenvalue weighted by Crippen LogP contribution is -2.29. The number of hydrogen-bond acceptors (Lipinski definition) is 0. The summed E-state index contributed by atoms with van der Waals surface area (Å²) in [4.78, 5) is 0. The lowest BCUT2D eigenvalue weighted by Gasteiger charge is -2.00. The van der Waals surface area contributed by atoms with Crippen molar-refractivity contribution in [2.75, 3.05) is 5.33 Å². The van der Waals surface area contributed by atoms with Gasteiger partial charge in [-0.15, -0.1) is 0 Å². The van der Waals surface area contributed by atoms with Crippen LogP contribution in [0.3, 0.4) is 0 Å². The second-order valence-corrected chi connectivity index (χ2v) is 5.25. The van der Waals surface area contributed by atoms with Gasteiger partial charge in [0.25, 0.3) is 5.82 Å². The Kier molecular flexibility index (Phi) is 6.78. The fourth-order valence-corrected chi connectivity index (χ4v) is 2.32. The van der Waals surface area contributed by atoms with E-state index in [1.54, 1.807) is 0 Å². The molecule has 0 aliphatic rings. The minimum Gasteiger partial charge on any atom is -0.237 e. The number of imidazole rings is 1. The number of aryl methyl sites for hydroxylation is 2. The summed E-state index contributed by atoms with van der Waals surface area (Å²) in [6, 6.07) is 0. The van der Waals surface area contributed by atoms with Crippen molar-refractivity contribution in [2.24, 2.45) is 7.05 Å². The summed E-state index contributed by atoms with van der Waals surface area (Å²) in [6.45, 7) is 3.35. The lowest BCUT2D eigenvalue weighted by atomic mass is 10.1. The molecule has 2 nitrogen and oxygen atoms in total. The van der Waals surface area contributed by atoms with E-state index < -0.39 is 0 Å². The molecular formula is C13H24BrN2+. The summed E-state index contributed by atoms with van der Waals surface area (Å²) in [6.07, 6.45) is 12.5. The molecule has 1 rings (SSSR count). The van der Waals surface area contributed by atoms with Gasteiger partial charge in [-0.3, -0.25) is 0 Å². The van der Waals surface area contributed by atoms with Crippen molar-refractivity contribution in [3.05, 3.63) is 18.2 Å². The largest absolute Gasteiger partial charge is 0.253 e. The van der Waals surface area contributed by atoms with Crippen molar-refractivity contribution >= 4 is 15.9 Å². The van der Waals surface area contributed by atoms with Crippen LogP contribution >= 0.6 is 15.9 Å². The van der Waals surface area contributed by atoms with Gasteiger partial charge in [-0.2, -0.15) is 0 Å². The van der Waals surface area contributed by atoms with Crippen LogP contribution < -0.4 is 4.57 Å². The third-order valence-electron chi connectivity index (χ3n) is 3.18. The van der Waals surface area contributed by atoms with Crippen LogP contribution in [0, 0.1) is 6.92 Å². The molecule has 0 aromatic carbocycles. The number of hydrogen-bond donors (Lipinski definition) is 0. The van der Waals surface area contributed by atoms with Gasteiger partial charge in [-0.05, 0) is 19.3 Å². The van der Waals surface area contributed by atoms with E-state index >= 15 is 0 Å². The number of halogens is 1. The van der Waals surface area contributed by atoms with E-state index in [0.29, 0.717) is 0 Å². The van der Waals surface area contributed by atoms with Gasteiger partial charge in [-0.25, -0.2) is 9.13 Å². The van der Waals surface area contributed by atoms with Crippen molar-refractivity contribution in [1.29, 1.82) is 0 Å². The molecule has 92 valence electrons.